The van der Waals surface area contributed by atoms with Gasteiger partial charge in [-0.1, -0.05) is 17.3 Å². The molecule has 0 saturated carbocycles. The van der Waals surface area contributed by atoms with E-state index < -0.39 is 0 Å². The van der Waals surface area contributed by atoms with Gasteiger partial charge in [-0.05, 0) is 36.2 Å². The molecule has 0 aliphatic carbocycles. The Kier molecular flexibility index (Phi) is 3.57. The maximum atomic E-state index is 5.88. The topological polar surface area (TPSA) is 87.1 Å². The van der Waals surface area contributed by atoms with Crippen LogP contribution in [0.3, 0.4) is 0 Å². The minimum absolute atomic E-state index is 0.414. The molecule has 7 heteroatoms. The van der Waals surface area contributed by atoms with Gasteiger partial charge in [-0.3, -0.25) is 0 Å². The fourth-order valence-corrected chi connectivity index (χ4v) is 2.69. The van der Waals surface area contributed by atoms with Crippen LogP contribution >= 0.6 is 11.5 Å². The first-order valence-corrected chi connectivity index (χ1v) is 7.12. The van der Waals surface area contributed by atoms with E-state index in [4.69, 9.17) is 15.0 Å². The van der Waals surface area contributed by atoms with Crippen LogP contribution in [0.1, 0.15) is 17.1 Å². The van der Waals surface area contributed by atoms with E-state index in [1.54, 1.807) is 7.11 Å². The minimum Gasteiger partial charge on any atom is -0.497 e. The highest BCUT2D eigenvalue weighted by Crippen LogP contribution is 2.31. The van der Waals surface area contributed by atoms with E-state index >= 15 is 0 Å². The van der Waals surface area contributed by atoms with Crippen molar-refractivity contribution in [2.75, 3.05) is 12.8 Å². The summed E-state index contributed by atoms with van der Waals surface area (Å²) in [7, 11) is 1.64. The lowest BCUT2D eigenvalue weighted by Gasteiger charge is -2.01. The second kappa shape index (κ2) is 5.53. The molecule has 0 aliphatic rings. The number of nitrogen functional groups attached to an aromatic ring is 1. The zero-order valence-electron chi connectivity index (χ0n) is 11.7. The molecular weight excluding hydrogens is 288 g/mol. The van der Waals surface area contributed by atoms with Crippen LogP contribution in [0.25, 0.3) is 11.5 Å². The van der Waals surface area contributed by atoms with Crippen molar-refractivity contribution >= 4 is 16.5 Å². The third kappa shape index (κ3) is 2.73. The summed E-state index contributed by atoms with van der Waals surface area (Å²) in [5.41, 5.74) is 8.46. The van der Waals surface area contributed by atoms with Crippen LogP contribution in [-0.4, -0.2) is 21.6 Å². The molecule has 0 amide bonds. The average Bonchev–Trinajstić information content (AvgIpc) is 3.06. The van der Waals surface area contributed by atoms with E-state index in [2.05, 4.69) is 14.5 Å². The van der Waals surface area contributed by atoms with Gasteiger partial charge < -0.3 is 15.0 Å². The Balaban J connectivity index is 1.85. The zero-order chi connectivity index (χ0) is 14.8. The van der Waals surface area contributed by atoms with Gasteiger partial charge in [-0.25, -0.2) is 0 Å². The number of anilines is 1. The second-order valence-electron chi connectivity index (χ2n) is 4.55. The highest BCUT2D eigenvalue weighted by atomic mass is 32.1. The Labute approximate surface area is 125 Å². The molecule has 2 heterocycles. The van der Waals surface area contributed by atoms with E-state index in [0.29, 0.717) is 23.1 Å². The van der Waals surface area contributed by atoms with Gasteiger partial charge in [-0.15, -0.1) is 0 Å². The lowest BCUT2D eigenvalue weighted by atomic mass is 10.1. The first-order valence-electron chi connectivity index (χ1n) is 6.35. The average molecular weight is 302 g/mol. The van der Waals surface area contributed by atoms with Gasteiger partial charge in [0.15, 0.2) is 5.82 Å². The number of hydrogen-bond acceptors (Lipinski definition) is 7. The molecule has 0 fully saturated rings. The zero-order valence-corrected chi connectivity index (χ0v) is 12.5. The summed E-state index contributed by atoms with van der Waals surface area (Å²) in [5.74, 6) is 1.82. The van der Waals surface area contributed by atoms with Crippen molar-refractivity contribution in [1.29, 1.82) is 0 Å². The van der Waals surface area contributed by atoms with Crippen LogP contribution in [0.5, 0.6) is 5.75 Å². The highest BCUT2D eigenvalue weighted by molar-refractivity contribution is 7.10. The molecule has 0 aliphatic heterocycles. The lowest BCUT2D eigenvalue weighted by molar-refractivity contribution is 0.414. The quantitative estimate of drug-likeness (QED) is 0.797. The summed E-state index contributed by atoms with van der Waals surface area (Å²) in [6.45, 7) is 1.87. The molecule has 3 rings (SSSR count). The van der Waals surface area contributed by atoms with Crippen LogP contribution in [0, 0.1) is 6.92 Å². The molecule has 6 nitrogen and oxygen atoms in total. The van der Waals surface area contributed by atoms with Crippen LogP contribution in [0.15, 0.2) is 28.8 Å². The molecule has 0 atom stereocenters. The summed E-state index contributed by atoms with van der Waals surface area (Å²) in [6, 6.07) is 7.76. The maximum Gasteiger partial charge on any atom is 0.262 e. The Morgan fingerprint density at radius 1 is 1.38 bits per heavy atom. The van der Waals surface area contributed by atoms with Crippen molar-refractivity contribution < 1.29 is 9.26 Å². The fourth-order valence-electron chi connectivity index (χ4n) is 2.04. The molecular formula is C14H14N4O2S. The fraction of sp³-hybridized carbons (Fsp3) is 0.214. The summed E-state index contributed by atoms with van der Waals surface area (Å²) in [4.78, 5) is 4.39. The number of nitrogens with two attached hydrogens (primary N) is 1. The van der Waals surface area contributed by atoms with E-state index in [9.17, 15) is 0 Å². The smallest absolute Gasteiger partial charge is 0.262 e. The number of rotatable bonds is 4. The molecule has 1 aromatic carbocycles. The van der Waals surface area contributed by atoms with Crippen molar-refractivity contribution in [3.8, 4) is 17.2 Å². The van der Waals surface area contributed by atoms with Crippen LogP contribution in [0.4, 0.5) is 5.00 Å². The van der Waals surface area contributed by atoms with Gasteiger partial charge in [0, 0.05) is 6.42 Å². The predicted molar refractivity (Wildman–Crippen MR) is 80.4 cm³/mol. The van der Waals surface area contributed by atoms with Crippen molar-refractivity contribution in [3.05, 3.63) is 41.3 Å². The monoisotopic (exact) mass is 302 g/mol. The van der Waals surface area contributed by atoms with Crippen molar-refractivity contribution in [2.45, 2.75) is 13.3 Å². The number of hydrogen-bond donors (Lipinski definition) is 1. The van der Waals surface area contributed by atoms with Crippen molar-refractivity contribution in [1.82, 2.24) is 14.5 Å². The van der Waals surface area contributed by atoms with E-state index in [0.717, 1.165) is 22.6 Å². The van der Waals surface area contributed by atoms with Gasteiger partial charge in [0.2, 0.25) is 0 Å². The van der Waals surface area contributed by atoms with E-state index in [1.807, 2.05) is 31.2 Å². The second-order valence-corrected chi connectivity index (χ2v) is 5.36. The molecule has 0 saturated heterocycles. The van der Waals surface area contributed by atoms with Crippen LogP contribution in [0.2, 0.25) is 0 Å². The summed E-state index contributed by atoms with van der Waals surface area (Å²) in [5, 5.41) is 4.59. The Bertz CT molecular complexity index is 746. The number of aromatic nitrogens is 3. The van der Waals surface area contributed by atoms with Crippen LogP contribution < -0.4 is 10.5 Å². The lowest BCUT2D eigenvalue weighted by Crippen LogP contribution is -1.92. The number of ether oxygens (including phenoxy) is 1. The Hall–Kier alpha value is -2.41. The number of nitrogens with zero attached hydrogens (tertiary/aromatic N) is 3. The third-order valence-electron chi connectivity index (χ3n) is 3.07. The first kappa shape index (κ1) is 13.6. The highest BCUT2D eigenvalue weighted by Gasteiger charge is 2.17. The third-order valence-corrected chi connectivity index (χ3v) is 3.83. The predicted octanol–water partition coefficient (Wildman–Crippen LogP) is 2.68. The molecule has 108 valence electrons. The normalized spacial score (nSPS) is 10.8. The van der Waals surface area contributed by atoms with E-state index in [-0.39, 0.29) is 0 Å². The van der Waals surface area contributed by atoms with Gasteiger partial charge in [0.25, 0.3) is 5.89 Å². The van der Waals surface area contributed by atoms with Gasteiger partial charge in [0.1, 0.15) is 10.8 Å². The standard InChI is InChI=1S/C14H14N4O2S/c1-8-12(13(15)21-18-8)14-16-11(17-20-14)7-9-4-3-5-10(6-9)19-2/h3-6H,7,15H2,1-2H3. The van der Waals surface area contributed by atoms with E-state index in [1.165, 1.54) is 11.5 Å². The Morgan fingerprint density at radius 3 is 2.95 bits per heavy atom. The largest absolute Gasteiger partial charge is 0.497 e. The molecule has 0 spiro atoms. The van der Waals surface area contributed by atoms with Gasteiger partial charge >= 0.3 is 0 Å². The van der Waals surface area contributed by atoms with Gasteiger partial charge in [0.05, 0.1) is 18.4 Å². The SMILES string of the molecule is COc1cccc(Cc2noc(-c3c(C)nsc3N)n2)c1. The molecule has 0 bridgehead atoms. The van der Waals surface area contributed by atoms with Crippen molar-refractivity contribution in [2.24, 2.45) is 0 Å². The molecule has 2 N–H and O–H groups in total. The molecule has 0 radical (unpaired) electrons. The maximum absolute atomic E-state index is 5.88. The minimum atomic E-state index is 0.414. The first-order chi connectivity index (χ1) is 10.2. The number of benzene rings is 1. The number of methoxy groups -OCH3 is 1. The van der Waals surface area contributed by atoms with Gasteiger partial charge in [-0.2, -0.15) is 9.36 Å². The Morgan fingerprint density at radius 2 is 2.24 bits per heavy atom. The summed E-state index contributed by atoms with van der Waals surface area (Å²) >= 11 is 1.23. The molecule has 2 aromatic heterocycles. The number of aryl methyl sites for hydroxylation is 1. The van der Waals surface area contributed by atoms with Crippen LogP contribution in [-0.2, 0) is 6.42 Å². The van der Waals surface area contributed by atoms with Crippen molar-refractivity contribution in [3.63, 3.8) is 0 Å². The summed E-state index contributed by atoms with van der Waals surface area (Å²) in [6.07, 6.45) is 0.567. The molecule has 21 heavy (non-hydrogen) atoms. The summed E-state index contributed by atoms with van der Waals surface area (Å²) < 4.78 is 14.7. The molecule has 3 aromatic rings. The molecule has 0 unspecified atom stereocenters.